The maximum absolute atomic E-state index is 12.8. The molecule has 4 rings (SSSR count). The second-order valence-corrected chi connectivity index (χ2v) is 8.18. The Morgan fingerprint density at radius 1 is 1.25 bits per heavy atom. The minimum Gasteiger partial charge on any atom is -0.494 e. The molecule has 2 heterocycles. The Morgan fingerprint density at radius 3 is 2.68 bits per heavy atom. The van der Waals surface area contributed by atoms with Gasteiger partial charge >= 0.3 is 11.7 Å². The molecular formula is C20H21IN4O3. The summed E-state index contributed by atoms with van der Waals surface area (Å²) in [5.41, 5.74) is 8.00. The van der Waals surface area contributed by atoms with E-state index in [2.05, 4.69) is 27.6 Å². The molecule has 0 radical (unpaired) electrons. The second kappa shape index (κ2) is 7.50. The van der Waals surface area contributed by atoms with E-state index in [1.165, 1.54) is 0 Å². The number of hydrogen-bond donors (Lipinski definition) is 2. The zero-order valence-electron chi connectivity index (χ0n) is 15.4. The number of nitrogens with one attached hydrogen (secondary N) is 1. The van der Waals surface area contributed by atoms with Crippen molar-refractivity contribution in [1.82, 2.24) is 14.5 Å². The van der Waals surface area contributed by atoms with Crippen LogP contribution in [-0.4, -0.2) is 34.1 Å². The van der Waals surface area contributed by atoms with Crippen LogP contribution >= 0.6 is 22.6 Å². The zero-order chi connectivity index (χ0) is 19.8. The SMILES string of the molecule is COc1cccc2c1[nH]c(=O)n2C1CCN(C(N)=O)C(c2ccc(I)cc2)C1. The molecule has 3 aromatic rings. The van der Waals surface area contributed by atoms with Gasteiger partial charge in [-0.05, 0) is 65.3 Å². The Morgan fingerprint density at radius 2 is 2.00 bits per heavy atom. The van der Waals surface area contributed by atoms with Gasteiger partial charge in [0, 0.05) is 16.2 Å². The van der Waals surface area contributed by atoms with Crippen molar-refractivity contribution in [1.29, 1.82) is 0 Å². The topological polar surface area (TPSA) is 93.3 Å². The van der Waals surface area contributed by atoms with E-state index < -0.39 is 6.03 Å². The van der Waals surface area contributed by atoms with E-state index in [1.807, 2.05) is 42.5 Å². The summed E-state index contributed by atoms with van der Waals surface area (Å²) in [6, 6.07) is 13.0. The van der Waals surface area contributed by atoms with Gasteiger partial charge in [-0.1, -0.05) is 18.2 Å². The number of nitrogens with zero attached hydrogens (tertiary/aromatic N) is 2. The van der Waals surface area contributed by atoms with Crippen LogP contribution in [-0.2, 0) is 0 Å². The number of aromatic nitrogens is 2. The van der Waals surface area contributed by atoms with Crippen LogP contribution in [0.4, 0.5) is 4.79 Å². The maximum atomic E-state index is 12.8. The van der Waals surface area contributed by atoms with E-state index in [9.17, 15) is 9.59 Å². The summed E-state index contributed by atoms with van der Waals surface area (Å²) in [5, 5.41) is 0. The van der Waals surface area contributed by atoms with Gasteiger partial charge in [-0.25, -0.2) is 9.59 Å². The summed E-state index contributed by atoms with van der Waals surface area (Å²) in [5.74, 6) is 0.636. The van der Waals surface area contributed by atoms with Crippen molar-refractivity contribution in [2.24, 2.45) is 5.73 Å². The van der Waals surface area contributed by atoms with Crippen LogP contribution in [0.2, 0.25) is 0 Å². The molecule has 1 aliphatic rings. The lowest BCUT2D eigenvalue weighted by Gasteiger charge is -2.39. The van der Waals surface area contributed by atoms with Crippen molar-refractivity contribution in [3.05, 3.63) is 62.1 Å². The lowest BCUT2D eigenvalue weighted by atomic mass is 9.91. The van der Waals surface area contributed by atoms with Crippen LogP contribution in [0, 0.1) is 3.57 Å². The summed E-state index contributed by atoms with van der Waals surface area (Å²) < 4.78 is 8.29. The fourth-order valence-electron chi connectivity index (χ4n) is 4.10. The first-order chi connectivity index (χ1) is 13.5. The number of aromatic amines is 1. The summed E-state index contributed by atoms with van der Waals surface area (Å²) in [6.07, 6.45) is 1.28. The van der Waals surface area contributed by atoms with Crippen LogP contribution in [0.25, 0.3) is 11.0 Å². The Hall–Kier alpha value is -2.49. The molecule has 1 aliphatic heterocycles. The molecule has 0 spiro atoms. The number of hydrogen-bond acceptors (Lipinski definition) is 3. The van der Waals surface area contributed by atoms with Crippen molar-refractivity contribution in [3.63, 3.8) is 0 Å². The third kappa shape index (κ3) is 3.25. The van der Waals surface area contributed by atoms with E-state index in [0.717, 1.165) is 14.7 Å². The highest BCUT2D eigenvalue weighted by Gasteiger charge is 2.34. The molecule has 0 saturated carbocycles. The fraction of sp³-hybridized carbons (Fsp3) is 0.300. The normalized spacial score (nSPS) is 19.7. The van der Waals surface area contributed by atoms with Crippen molar-refractivity contribution in [3.8, 4) is 5.75 Å². The number of carbonyl (C=O) groups is 1. The number of nitrogens with two attached hydrogens (primary N) is 1. The molecule has 0 bridgehead atoms. The van der Waals surface area contributed by atoms with Crippen LogP contribution in [0.15, 0.2) is 47.3 Å². The smallest absolute Gasteiger partial charge is 0.326 e. The quantitative estimate of drug-likeness (QED) is 0.549. The molecule has 2 atom stereocenters. The molecule has 2 amide bonds. The number of para-hydroxylation sites is 1. The van der Waals surface area contributed by atoms with Gasteiger partial charge in [-0.3, -0.25) is 4.57 Å². The fourth-order valence-corrected chi connectivity index (χ4v) is 4.46. The van der Waals surface area contributed by atoms with Crippen molar-refractivity contribution in [2.45, 2.75) is 24.9 Å². The van der Waals surface area contributed by atoms with Crippen molar-refractivity contribution >= 4 is 39.7 Å². The maximum Gasteiger partial charge on any atom is 0.326 e. The number of primary amides is 1. The molecule has 0 aliphatic carbocycles. The van der Waals surface area contributed by atoms with Crippen molar-refractivity contribution in [2.75, 3.05) is 13.7 Å². The van der Waals surface area contributed by atoms with Crippen LogP contribution < -0.4 is 16.2 Å². The van der Waals surface area contributed by atoms with E-state index in [0.29, 0.717) is 30.7 Å². The summed E-state index contributed by atoms with van der Waals surface area (Å²) >= 11 is 2.25. The minimum absolute atomic E-state index is 0.0479. The largest absolute Gasteiger partial charge is 0.494 e. The average Bonchev–Trinajstić information content (AvgIpc) is 3.03. The highest BCUT2D eigenvalue weighted by atomic mass is 127. The van der Waals surface area contributed by atoms with E-state index in [4.69, 9.17) is 10.5 Å². The number of amides is 2. The number of benzene rings is 2. The van der Waals surface area contributed by atoms with Gasteiger partial charge < -0.3 is 20.4 Å². The van der Waals surface area contributed by atoms with Crippen LogP contribution in [0.3, 0.4) is 0 Å². The molecule has 1 saturated heterocycles. The molecule has 2 unspecified atom stereocenters. The number of rotatable bonds is 3. The number of methoxy groups -OCH3 is 1. The third-order valence-corrected chi connectivity index (χ3v) is 6.13. The van der Waals surface area contributed by atoms with Gasteiger partial charge in [0.15, 0.2) is 0 Å². The number of H-pyrrole nitrogens is 1. The highest BCUT2D eigenvalue weighted by molar-refractivity contribution is 14.1. The lowest BCUT2D eigenvalue weighted by Crippen LogP contribution is -2.45. The number of ether oxygens (including phenoxy) is 1. The first-order valence-electron chi connectivity index (χ1n) is 9.08. The van der Waals surface area contributed by atoms with Gasteiger partial charge in [0.1, 0.15) is 11.3 Å². The number of fused-ring (bicyclic) bond motifs is 1. The predicted octanol–water partition coefficient (Wildman–Crippen LogP) is 3.40. The summed E-state index contributed by atoms with van der Waals surface area (Å²) in [4.78, 5) is 29.4. The highest BCUT2D eigenvalue weighted by Crippen LogP contribution is 2.38. The number of imidazole rings is 1. The van der Waals surface area contributed by atoms with Gasteiger partial charge in [0.2, 0.25) is 0 Å². The van der Waals surface area contributed by atoms with Gasteiger partial charge in [0.05, 0.1) is 18.7 Å². The molecule has 28 heavy (non-hydrogen) atoms. The first-order valence-corrected chi connectivity index (χ1v) is 10.2. The number of piperidine rings is 1. The molecule has 1 aromatic heterocycles. The third-order valence-electron chi connectivity index (χ3n) is 5.41. The zero-order valence-corrected chi connectivity index (χ0v) is 17.5. The molecule has 7 nitrogen and oxygen atoms in total. The Bertz CT molecular complexity index is 1070. The molecule has 146 valence electrons. The molecular weight excluding hydrogens is 471 g/mol. The Labute approximate surface area is 175 Å². The number of likely N-dealkylation sites (tertiary alicyclic amines) is 1. The number of halogens is 1. The van der Waals surface area contributed by atoms with E-state index in [-0.39, 0.29) is 17.8 Å². The summed E-state index contributed by atoms with van der Waals surface area (Å²) in [6.45, 7) is 0.500. The molecule has 3 N–H and O–H groups in total. The Kier molecular flexibility index (Phi) is 5.05. The second-order valence-electron chi connectivity index (χ2n) is 6.93. The molecule has 1 fully saturated rings. The predicted molar refractivity (Wildman–Crippen MR) is 116 cm³/mol. The van der Waals surface area contributed by atoms with Gasteiger partial charge in [-0.15, -0.1) is 0 Å². The first kappa shape index (κ1) is 18.9. The summed E-state index contributed by atoms with van der Waals surface area (Å²) in [7, 11) is 1.59. The average molecular weight is 492 g/mol. The van der Waals surface area contributed by atoms with E-state index >= 15 is 0 Å². The van der Waals surface area contributed by atoms with Crippen LogP contribution in [0.1, 0.15) is 30.5 Å². The minimum atomic E-state index is -0.435. The van der Waals surface area contributed by atoms with Gasteiger partial charge in [0.25, 0.3) is 0 Å². The van der Waals surface area contributed by atoms with Crippen LogP contribution in [0.5, 0.6) is 5.75 Å². The molecule has 2 aromatic carbocycles. The van der Waals surface area contributed by atoms with E-state index in [1.54, 1.807) is 16.6 Å². The monoisotopic (exact) mass is 492 g/mol. The van der Waals surface area contributed by atoms with Crippen molar-refractivity contribution < 1.29 is 9.53 Å². The number of urea groups is 1. The van der Waals surface area contributed by atoms with Gasteiger partial charge in [-0.2, -0.15) is 0 Å². The lowest BCUT2D eigenvalue weighted by molar-refractivity contribution is 0.136. The standard InChI is InChI=1S/C20H21IN4O3/c1-28-17-4-2-3-15-18(17)23-20(27)25(15)14-9-10-24(19(22)26)16(11-14)12-5-7-13(21)8-6-12/h2-8,14,16H,9-11H2,1H3,(H2,22,26)(H,23,27). The molecule has 8 heteroatoms. The Balaban J connectivity index is 1.75. The number of carbonyl (C=O) groups excluding carboxylic acids is 1.